The summed E-state index contributed by atoms with van der Waals surface area (Å²) < 4.78 is 16.1. The summed E-state index contributed by atoms with van der Waals surface area (Å²) in [4.78, 5) is 40.5. The molecule has 0 bridgehead atoms. The maximum Gasteiger partial charge on any atom is 0.336 e. The lowest BCUT2D eigenvalue weighted by atomic mass is 9.67. The maximum atomic E-state index is 14.2. The molecule has 4 rings (SSSR count). The van der Waals surface area contributed by atoms with Gasteiger partial charge in [-0.05, 0) is 50.5 Å². The smallest absolute Gasteiger partial charge is 0.336 e. The number of carbonyl (C=O) groups excluding carboxylic acids is 3. The summed E-state index contributed by atoms with van der Waals surface area (Å²) in [7, 11) is 1.58. The molecule has 36 heavy (non-hydrogen) atoms. The first kappa shape index (κ1) is 25.2. The molecular weight excluding hydrogens is 458 g/mol. The van der Waals surface area contributed by atoms with Gasteiger partial charge in [0.1, 0.15) is 11.7 Å². The van der Waals surface area contributed by atoms with E-state index in [0.29, 0.717) is 34.7 Å². The predicted molar refractivity (Wildman–Crippen MR) is 134 cm³/mol. The molecule has 0 spiro atoms. The Bertz CT molecular complexity index is 1230. The van der Waals surface area contributed by atoms with Crippen molar-refractivity contribution >= 4 is 17.7 Å². The van der Waals surface area contributed by atoms with Crippen molar-refractivity contribution in [3.05, 3.63) is 88.3 Å². The molecule has 0 amide bonds. The Morgan fingerprint density at radius 2 is 1.67 bits per heavy atom. The van der Waals surface area contributed by atoms with E-state index < -0.39 is 29.7 Å². The molecule has 2 aromatic rings. The average Bonchev–Trinajstić information content (AvgIpc) is 2.88. The Hall–Kier alpha value is -3.87. The Morgan fingerprint density at radius 1 is 0.972 bits per heavy atom. The maximum absolute atomic E-state index is 14.2. The molecule has 0 fully saturated rings. The van der Waals surface area contributed by atoms with Gasteiger partial charge in [0.25, 0.3) is 0 Å². The van der Waals surface area contributed by atoms with Crippen molar-refractivity contribution in [1.82, 2.24) is 5.32 Å². The standard InChI is InChI=1S/C29H31NO6/c1-5-35-28(32)23-17(3)30-22-16-21(19-13-10-14-20(15-19)34-4)25(29(33)36-6-2)27(31)26(22)24(23)18-11-8-7-9-12-18/h7-15,21,24-25,30H,5-6,16H2,1-4H3. The third-order valence-electron chi connectivity index (χ3n) is 6.71. The molecule has 1 aliphatic heterocycles. The first-order chi connectivity index (χ1) is 17.4. The molecule has 0 saturated carbocycles. The number of carbonyl (C=O) groups is 3. The number of hydrogen-bond acceptors (Lipinski definition) is 7. The molecule has 7 heteroatoms. The number of allylic oxidation sites excluding steroid dienone is 3. The number of ether oxygens (including phenoxy) is 3. The Labute approximate surface area is 211 Å². The minimum Gasteiger partial charge on any atom is -0.497 e. The highest BCUT2D eigenvalue weighted by Crippen LogP contribution is 2.48. The third kappa shape index (κ3) is 4.65. The van der Waals surface area contributed by atoms with Gasteiger partial charge in [0.2, 0.25) is 0 Å². The van der Waals surface area contributed by atoms with Gasteiger partial charge in [0, 0.05) is 28.8 Å². The van der Waals surface area contributed by atoms with E-state index in [2.05, 4.69) is 5.32 Å². The summed E-state index contributed by atoms with van der Waals surface area (Å²) in [6.07, 6.45) is 0.397. The number of benzene rings is 2. The van der Waals surface area contributed by atoms with Gasteiger partial charge < -0.3 is 19.5 Å². The van der Waals surface area contributed by atoms with E-state index in [-0.39, 0.29) is 19.0 Å². The zero-order chi connectivity index (χ0) is 25.8. The molecular formula is C29H31NO6. The summed E-state index contributed by atoms with van der Waals surface area (Å²) in [6.45, 7) is 5.64. The fourth-order valence-electron chi connectivity index (χ4n) is 5.18. The van der Waals surface area contributed by atoms with Crippen molar-refractivity contribution < 1.29 is 28.6 Å². The normalized spacial score (nSPS) is 21.4. The Kier molecular flexibility index (Phi) is 7.58. The minimum atomic E-state index is -1.05. The van der Waals surface area contributed by atoms with E-state index in [9.17, 15) is 14.4 Å². The highest BCUT2D eigenvalue weighted by molar-refractivity contribution is 6.13. The Balaban J connectivity index is 1.88. The molecule has 7 nitrogen and oxygen atoms in total. The van der Waals surface area contributed by atoms with Crippen LogP contribution in [0.1, 0.15) is 50.2 Å². The molecule has 0 aromatic heterocycles. The van der Waals surface area contributed by atoms with Gasteiger partial charge >= 0.3 is 11.9 Å². The van der Waals surface area contributed by atoms with Crippen molar-refractivity contribution in [3.63, 3.8) is 0 Å². The van der Waals surface area contributed by atoms with Crippen LogP contribution in [0.3, 0.4) is 0 Å². The number of ketones is 1. The van der Waals surface area contributed by atoms with Gasteiger partial charge in [0.05, 0.1) is 25.9 Å². The summed E-state index contributed by atoms with van der Waals surface area (Å²) >= 11 is 0. The minimum absolute atomic E-state index is 0.160. The second-order valence-electron chi connectivity index (χ2n) is 8.80. The average molecular weight is 490 g/mol. The number of esters is 2. The van der Waals surface area contributed by atoms with Crippen LogP contribution in [0.5, 0.6) is 5.75 Å². The van der Waals surface area contributed by atoms with Crippen molar-refractivity contribution in [1.29, 1.82) is 0 Å². The number of dihydropyridines is 1. The monoisotopic (exact) mass is 489 g/mol. The quantitative estimate of drug-likeness (QED) is 0.455. The van der Waals surface area contributed by atoms with Gasteiger partial charge in [-0.15, -0.1) is 0 Å². The number of Topliss-reactive ketones (excluding diaryl/α,β-unsaturated/α-hetero) is 1. The van der Waals surface area contributed by atoms with Crippen molar-refractivity contribution in [3.8, 4) is 5.75 Å². The first-order valence-corrected chi connectivity index (χ1v) is 12.2. The van der Waals surface area contributed by atoms with Crippen LogP contribution >= 0.6 is 0 Å². The van der Waals surface area contributed by atoms with Crippen LogP contribution in [-0.4, -0.2) is 38.0 Å². The predicted octanol–water partition coefficient (Wildman–Crippen LogP) is 4.41. The fourth-order valence-corrected chi connectivity index (χ4v) is 5.18. The van der Waals surface area contributed by atoms with Crippen LogP contribution < -0.4 is 10.1 Å². The molecule has 0 radical (unpaired) electrons. The zero-order valence-corrected chi connectivity index (χ0v) is 21.0. The fraction of sp³-hybridized carbons (Fsp3) is 0.345. The van der Waals surface area contributed by atoms with E-state index in [1.165, 1.54) is 0 Å². The van der Waals surface area contributed by atoms with Gasteiger partial charge in [-0.25, -0.2) is 4.79 Å². The number of methoxy groups -OCH3 is 1. The van der Waals surface area contributed by atoms with Gasteiger partial charge in [-0.1, -0.05) is 42.5 Å². The number of nitrogens with one attached hydrogen (secondary N) is 1. The van der Waals surface area contributed by atoms with Gasteiger partial charge in [-0.2, -0.15) is 0 Å². The summed E-state index contributed by atoms with van der Waals surface area (Å²) in [5.41, 5.74) is 3.71. The SMILES string of the molecule is CCOC(=O)C1=C(C)NC2=C(C(=O)C(C(=O)OCC)C(c3cccc(OC)c3)C2)C1c1ccccc1. The molecule has 188 valence electrons. The Morgan fingerprint density at radius 3 is 2.33 bits per heavy atom. The zero-order valence-electron chi connectivity index (χ0n) is 21.0. The molecule has 0 saturated heterocycles. The molecule has 3 unspecified atom stereocenters. The summed E-state index contributed by atoms with van der Waals surface area (Å²) in [6, 6.07) is 16.8. The lowest BCUT2D eigenvalue weighted by molar-refractivity contribution is -0.152. The largest absolute Gasteiger partial charge is 0.497 e. The number of rotatable bonds is 7. The highest BCUT2D eigenvalue weighted by atomic mass is 16.5. The van der Waals surface area contributed by atoms with E-state index in [1.807, 2.05) is 61.5 Å². The van der Waals surface area contributed by atoms with E-state index in [4.69, 9.17) is 14.2 Å². The van der Waals surface area contributed by atoms with Crippen LogP contribution in [0.25, 0.3) is 0 Å². The van der Waals surface area contributed by atoms with E-state index in [0.717, 1.165) is 11.1 Å². The topological polar surface area (TPSA) is 90.9 Å². The molecule has 2 aliphatic rings. The molecule has 2 aromatic carbocycles. The van der Waals surface area contributed by atoms with Crippen LogP contribution in [0, 0.1) is 5.92 Å². The second-order valence-corrected chi connectivity index (χ2v) is 8.80. The van der Waals surface area contributed by atoms with Crippen LogP contribution in [0.2, 0.25) is 0 Å². The van der Waals surface area contributed by atoms with Crippen LogP contribution in [-0.2, 0) is 23.9 Å². The molecule has 1 aliphatic carbocycles. The lowest BCUT2D eigenvalue weighted by Crippen LogP contribution is -2.43. The van der Waals surface area contributed by atoms with Crippen LogP contribution in [0.15, 0.2) is 77.1 Å². The molecule has 3 atom stereocenters. The summed E-state index contributed by atoms with van der Waals surface area (Å²) in [5, 5.41) is 3.31. The van der Waals surface area contributed by atoms with Crippen molar-refractivity contribution in [2.45, 2.75) is 39.0 Å². The van der Waals surface area contributed by atoms with E-state index in [1.54, 1.807) is 21.0 Å². The van der Waals surface area contributed by atoms with Gasteiger partial charge in [-0.3, -0.25) is 9.59 Å². The number of hydrogen-bond donors (Lipinski definition) is 1. The molecule has 1 heterocycles. The lowest BCUT2D eigenvalue weighted by Gasteiger charge is -2.39. The van der Waals surface area contributed by atoms with Gasteiger partial charge in [0.15, 0.2) is 5.78 Å². The van der Waals surface area contributed by atoms with Crippen molar-refractivity contribution in [2.75, 3.05) is 20.3 Å². The third-order valence-corrected chi connectivity index (χ3v) is 6.71. The molecule has 1 N–H and O–H groups in total. The highest BCUT2D eigenvalue weighted by Gasteiger charge is 2.49. The summed E-state index contributed by atoms with van der Waals surface area (Å²) in [5.74, 6) is -2.93. The van der Waals surface area contributed by atoms with Crippen molar-refractivity contribution in [2.24, 2.45) is 5.92 Å². The first-order valence-electron chi connectivity index (χ1n) is 12.2. The van der Waals surface area contributed by atoms with E-state index >= 15 is 0 Å². The second kappa shape index (κ2) is 10.8. The van der Waals surface area contributed by atoms with Crippen LogP contribution in [0.4, 0.5) is 0 Å².